The summed E-state index contributed by atoms with van der Waals surface area (Å²) in [7, 11) is 0. The molecule has 26 heavy (non-hydrogen) atoms. The van der Waals surface area contributed by atoms with Crippen LogP contribution in [0.15, 0.2) is 59.3 Å². The third kappa shape index (κ3) is 3.52. The Kier molecular flexibility index (Phi) is 4.52. The van der Waals surface area contributed by atoms with Crippen molar-refractivity contribution in [1.29, 1.82) is 0 Å². The van der Waals surface area contributed by atoms with E-state index >= 15 is 0 Å². The molecule has 1 aliphatic carbocycles. The van der Waals surface area contributed by atoms with E-state index in [1.54, 1.807) is 18.3 Å². The maximum atomic E-state index is 13.1. The van der Waals surface area contributed by atoms with E-state index in [1.165, 1.54) is 23.3 Å². The Morgan fingerprint density at radius 3 is 2.50 bits per heavy atom. The first-order chi connectivity index (χ1) is 12.7. The second kappa shape index (κ2) is 7.12. The Morgan fingerprint density at radius 2 is 1.81 bits per heavy atom. The lowest BCUT2D eigenvalue weighted by atomic mass is 10.1. The van der Waals surface area contributed by atoms with Gasteiger partial charge in [-0.05, 0) is 54.7 Å². The van der Waals surface area contributed by atoms with E-state index in [4.69, 9.17) is 4.52 Å². The van der Waals surface area contributed by atoms with Gasteiger partial charge in [0.1, 0.15) is 5.82 Å². The Morgan fingerprint density at radius 1 is 1.12 bits per heavy atom. The number of hydrogen-bond acceptors (Lipinski definition) is 3. The first-order valence-electron chi connectivity index (χ1n) is 8.74. The van der Waals surface area contributed by atoms with Crippen LogP contribution in [0.2, 0.25) is 0 Å². The molecule has 1 aromatic heterocycles. The number of nitrogens with one attached hydrogen (secondary N) is 1. The first kappa shape index (κ1) is 16.5. The molecule has 1 amide bonds. The van der Waals surface area contributed by atoms with Crippen LogP contribution in [0.4, 0.5) is 4.39 Å². The molecule has 1 N–H and O–H groups in total. The van der Waals surface area contributed by atoms with Crippen LogP contribution >= 0.6 is 0 Å². The smallest absolute Gasteiger partial charge is 0.220 e. The van der Waals surface area contributed by atoms with Crippen LogP contribution in [0.5, 0.6) is 0 Å². The minimum absolute atomic E-state index is 0.0223. The van der Waals surface area contributed by atoms with Crippen molar-refractivity contribution in [3.05, 3.63) is 77.2 Å². The molecular weight excluding hydrogens is 331 g/mol. The summed E-state index contributed by atoms with van der Waals surface area (Å²) in [5.74, 6) is 0.312. The number of carbonyl (C=O) groups is 1. The number of amides is 1. The first-order valence-corrected chi connectivity index (χ1v) is 8.74. The average molecular weight is 350 g/mol. The van der Waals surface area contributed by atoms with Gasteiger partial charge in [-0.3, -0.25) is 4.79 Å². The number of aryl methyl sites for hydroxylation is 1. The number of nitrogens with zero attached hydrogens (tertiary/aromatic N) is 1. The molecule has 0 bridgehead atoms. The third-order valence-corrected chi connectivity index (χ3v) is 4.79. The Balaban J connectivity index is 1.34. The molecule has 0 saturated carbocycles. The molecule has 1 heterocycles. The highest BCUT2D eigenvalue weighted by atomic mass is 19.1. The van der Waals surface area contributed by atoms with Crippen molar-refractivity contribution in [1.82, 2.24) is 10.5 Å². The van der Waals surface area contributed by atoms with Gasteiger partial charge in [0.05, 0.1) is 6.20 Å². The zero-order valence-corrected chi connectivity index (χ0v) is 14.2. The van der Waals surface area contributed by atoms with Crippen LogP contribution in [-0.2, 0) is 24.1 Å². The molecule has 0 unspecified atom stereocenters. The van der Waals surface area contributed by atoms with Gasteiger partial charge in [0.25, 0.3) is 0 Å². The van der Waals surface area contributed by atoms with Crippen LogP contribution in [0.25, 0.3) is 11.3 Å². The Hall–Kier alpha value is -2.95. The summed E-state index contributed by atoms with van der Waals surface area (Å²) in [6.07, 6.45) is 4.29. The summed E-state index contributed by atoms with van der Waals surface area (Å²) >= 11 is 0. The molecule has 1 aliphatic rings. The zero-order chi connectivity index (χ0) is 17.9. The summed E-state index contributed by atoms with van der Waals surface area (Å²) in [5.41, 5.74) is 4.23. The third-order valence-electron chi connectivity index (χ3n) is 4.79. The van der Waals surface area contributed by atoms with E-state index in [-0.39, 0.29) is 17.8 Å². The van der Waals surface area contributed by atoms with Gasteiger partial charge in [-0.2, -0.15) is 0 Å². The van der Waals surface area contributed by atoms with Gasteiger partial charge in [-0.25, -0.2) is 4.39 Å². The highest BCUT2D eigenvalue weighted by molar-refractivity contribution is 5.77. The fraction of sp³-hybridized carbons (Fsp3) is 0.238. The summed E-state index contributed by atoms with van der Waals surface area (Å²) in [6, 6.07) is 14.5. The van der Waals surface area contributed by atoms with Gasteiger partial charge in [0.2, 0.25) is 5.91 Å². The zero-order valence-electron chi connectivity index (χ0n) is 14.2. The number of aromatic nitrogens is 1. The standard InChI is InChI=1S/C21H19FN2O2/c22-18-8-5-14(6-9-18)21-17(13-23-26-21)7-10-20(25)24-19-11-15-3-1-2-4-16(15)12-19/h1-6,8-9,13,19H,7,10-12H2,(H,24,25). The summed E-state index contributed by atoms with van der Waals surface area (Å²) in [4.78, 5) is 12.3. The molecule has 0 radical (unpaired) electrons. The molecule has 0 spiro atoms. The minimum atomic E-state index is -0.299. The van der Waals surface area contributed by atoms with Crippen LogP contribution in [-0.4, -0.2) is 17.1 Å². The maximum absolute atomic E-state index is 13.1. The molecule has 5 heteroatoms. The van der Waals surface area contributed by atoms with Crippen molar-refractivity contribution in [2.24, 2.45) is 0 Å². The predicted molar refractivity (Wildman–Crippen MR) is 96.0 cm³/mol. The second-order valence-electron chi connectivity index (χ2n) is 6.63. The van der Waals surface area contributed by atoms with E-state index in [1.807, 2.05) is 12.1 Å². The normalized spacial score (nSPS) is 13.6. The number of carbonyl (C=O) groups excluding carboxylic acids is 1. The highest BCUT2D eigenvalue weighted by Gasteiger charge is 2.22. The lowest BCUT2D eigenvalue weighted by molar-refractivity contribution is -0.121. The van der Waals surface area contributed by atoms with E-state index in [9.17, 15) is 9.18 Å². The van der Waals surface area contributed by atoms with Gasteiger partial charge >= 0.3 is 0 Å². The molecule has 0 fully saturated rings. The predicted octanol–water partition coefficient (Wildman–Crippen LogP) is 3.70. The van der Waals surface area contributed by atoms with Crippen LogP contribution in [0.3, 0.4) is 0 Å². The van der Waals surface area contributed by atoms with Crippen molar-refractivity contribution >= 4 is 5.91 Å². The molecule has 0 aliphatic heterocycles. The summed E-state index contributed by atoms with van der Waals surface area (Å²) in [6.45, 7) is 0. The SMILES string of the molecule is O=C(CCc1cnoc1-c1ccc(F)cc1)NC1Cc2ccccc2C1. The minimum Gasteiger partial charge on any atom is -0.356 e. The van der Waals surface area contributed by atoms with E-state index < -0.39 is 0 Å². The molecule has 2 aromatic carbocycles. The van der Waals surface area contributed by atoms with E-state index in [2.05, 4.69) is 22.6 Å². The number of halogens is 1. The Labute approximate surface area is 151 Å². The van der Waals surface area contributed by atoms with Crippen LogP contribution in [0, 0.1) is 5.82 Å². The topological polar surface area (TPSA) is 55.1 Å². The van der Waals surface area contributed by atoms with E-state index in [0.717, 1.165) is 24.0 Å². The summed E-state index contributed by atoms with van der Waals surface area (Å²) in [5, 5.41) is 6.94. The number of benzene rings is 2. The Bertz CT molecular complexity index is 893. The number of rotatable bonds is 5. The second-order valence-corrected chi connectivity index (χ2v) is 6.63. The maximum Gasteiger partial charge on any atom is 0.220 e. The van der Waals surface area contributed by atoms with Crippen molar-refractivity contribution in [3.8, 4) is 11.3 Å². The lowest BCUT2D eigenvalue weighted by Gasteiger charge is -2.11. The number of fused-ring (bicyclic) bond motifs is 1. The van der Waals surface area contributed by atoms with Crippen LogP contribution < -0.4 is 5.32 Å². The highest BCUT2D eigenvalue weighted by Crippen LogP contribution is 2.25. The van der Waals surface area contributed by atoms with Crippen molar-refractivity contribution in [3.63, 3.8) is 0 Å². The van der Waals surface area contributed by atoms with E-state index in [0.29, 0.717) is 18.6 Å². The molecule has 4 nitrogen and oxygen atoms in total. The van der Waals surface area contributed by atoms with Crippen molar-refractivity contribution in [2.45, 2.75) is 31.7 Å². The molecule has 0 saturated heterocycles. The van der Waals surface area contributed by atoms with Crippen molar-refractivity contribution < 1.29 is 13.7 Å². The fourth-order valence-electron chi connectivity index (χ4n) is 3.49. The largest absolute Gasteiger partial charge is 0.356 e. The van der Waals surface area contributed by atoms with Gasteiger partial charge in [-0.15, -0.1) is 0 Å². The monoisotopic (exact) mass is 350 g/mol. The van der Waals surface area contributed by atoms with Crippen molar-refractivity contribution in [2.75, 3.05) is 0 Å². The van der Waals surface area contributed by atoms with Crippen LogP contribution in [0.1, 0.15) is 23.1 Å². The lowest BCUT2D eigenvalue weighted by Crippen LogP contribution is -2.35. The van der Waals surface area contributed by atoms with Gasteiger partial charge < -0.3 is 9.84 Å². The molecule has 0 atom stereocenters. The quantitative estimate of drug-likeness (QED) is 0.763. The molecular formula is C21H19FN2O2. The van der Waals surface area contributed by atoms with Gasteiger partial charge in [-0.1, -0.05) is 29.4 Å². The summed E-state index contributed by atoms with van der Waals surface area (Å²) < 4.78 is 18.4. The molecule has 132 valence electrons. The van der Waals surface area contributed by atoms with Gasteiger partial charge in [0.15, 0.2) is 5.76 Å². The fourth-order valence-corrected chi connectivity index (χ4v) is 3.49. The van der Waals surface area contributed by atoms with Gasteiger partial charge in [0, 0.05) is 23.6 Å². The average Bonchev–Trinajstić information content (AvgIpc) is 3.26. The number of hydrogen-bond donors (Lipinski definition) is 1. The molecule has 3 aromatic rings. The molecule has 4 rings (SSSR count).